The molecule has 7 heteroatoms. The third-order valence-corrected chi connectivity index (χ3v) is 7.23. The zero-order chi connectivity index (χ0) is 18.7. The van der Waals surface area contributed by atoms with Crippen LogP contribution in [0, 0.1) is 19.8 Å². The lowest BCUT2D eigenvalue weighted by molar-refractivity contribution is -0.153. The van der Waals surface area contributed by atoms with Gasteiger partial charge in [0, 0.05) is 19.7 Å². The van der Waals surface area contributed by atoms with Gasteiger partial charge in [-0.3, -0.25) is 4.79 Å². The Balaban J connectivity index is 1.55. The molecule has 2 aliphatic rings. The summed E-state index contributed by atoms with van der Waals surface area (Å²) in [6.45, 7) is 5.59. The Morgan fingerprint density at radius 1 is 1.19 bits per heavy atom. The van der Waals surface area contributed by atoms with Crippen LogP contribution in [0.5, 0.6) is 0 Å². The van der Waals surface area contributed by atoms with Crippen molar-refractivity contribution in [1.29, 1.82) is 0 Å². The number of benzene rings is 1. The monoisotopic (exact) mass is 381 g/mol. The van der Waals surface area contributed by atoms with Gasteiger partial charge in [-0.2, -0.15) is 4.31 Å². The first kappa shape index (κ1) is 19.3. The maximum Gasteiger partial charge on any atom is 0.309 e. The van der Waals surface area contributed by atoms with E-state index in [-0.39, 0.29) is 18.0 Å². The molecule has 1 aromatic carbocycles. The number of rotatable bonds is 5. The summed E-state index contributed by atoms with van der Waals surface area (Å²) in [6.07, 6.45) is 2.95. The Morgan fingerprint density at radius 3 is 2.54 bits per heavy atom. The van der Waals surface area contributed by atoms with Crippen LogP contribution in [0.3, 0.4) is 0 Å². The summed E-state index contributed by atoms with van der Waals surface area (Å²) in [7, 11) is -3.51. The van der Waals surface area contributed by atoms with Gasteiger partial charge in [0.05, 0.1) is 16.9 Å². The van der Waals surface area contributed by atoms with E-state index in [2.05, 4.69) is 0 Å². The highest BCUT2D eigenvalue weighted by atomic mass is 32.2. The molecule has 2 fully saturated rings. The minimum Gasteiger partial charge on any atom is -0.463 e. The third kappa shape index (κ3) is 4.27. The molecular formula is C19H27NO5S. The molecule has 0 aromatic heterocycles. The van der Waals surface area contributed by atoms with Crippen molar-refractivity contribution in [3.05, 3.63) is 29.3 Å². The summed E-state index contributed by atoms with van der Waals surface area (Å²) in [5, 5.41) is 0. The topological polar surface area (TPSA) is 72.9 Å². The van der Waals surface area contributed by atoms with E-state index < -0.39 is 10.0 Å². The normalized spacial score (nSPS) is 22.5. The number of carbonyl (C=O) groups is 1. The van der Waals surface area contributed by atoms with Crippen molar-refractivity contribution < 1.29 is 22.7 Å². The standard InChI is InChI=1S/C19H27NO5S/c1-14-5-6-18(12-15(14)2)26(22,23)20-9-7-16(8-10-20)19(21)25-13-17-4-3-11-24-17/h5-6,12,16-17H,3-4,7-11,13H2,1-2H3/t17-/m0/s1. The van der Waals surface area contributed by atoms with Crippen LogP contribution in [-0.2, 0) is 24.3 Å². The lowest BCUT2D eigenvalue weighted by atomic mass is 9.98. The minimum atomic E-state index is -3.51. The van der Waals surface area contributed by atoms with Crippen LogP contribution < -0.4 is 0 Å². The Hall–Kier alpha value is -1.44. The van der Waals surface area contributed by atoms with E-state index in [9.17, 15) is 13.2 Å². The first-order chi connectivity index (χ1) is 12.4. The van der Waals surface area contributed by atoms with Crippen molar-refractivity contribution in [2.75, 3.05) is 26.3 Å². The van der Waals surface area contributed by atoms with Gasteiger partial charge in [-0.05, 0) is 62.8 Å². The zero-order valence-corrected chi connectivity index (χ0v) is 16.3. The lowest BCUT2D eigenvalue weighted by Crippen LogP contribution is -2.40. The van der Waals surface area contributed by atoms with Gasteiger partial charge in [0.1, 0.15) is 6.61 Å². The smallest absolute Gasteiger partial charge is 0.309 e. The molecule has 3 rings (SSSR count). The average molecular weight is 381 g/mol. The van der Waals surface area contributed by atoms with Gasteiger partial charge < -0.3 is 9.47 Å². The second-order valence-corrected chi connectivity index (χ2v) is 9.13. The highest BCUT2D eigenvalue weighted by molar-refractivity contribution is 7.89. The predicted octanol–water partition coefficient (Wildman–Crippen LogP) is 2.43. The molecule has 0 saturated carbocycles. The van der Waals surface area contributed by atoms with Crippen LogP contribution in [0.1, 0.15) is 36.8 Å². The van der Waals surface area contributed by atoms with Gasteiger partial charge in [-0.1, -0.05) is 6.07 Å². The summed E-state index contributed by atoms with van der Waals surface area (Å²) >= 11 is 0. The molecule has 1 atom stereocenters. The maximum absolute atomic E-state index is 12.8. The van der Waals surface area contributed by atoms with Gasteiger partial charge in [0.25, 0.3) is 0 Å². The Bertz CT molecular complexity index is 747. The molecule has 144 valence electrons. The number of sulfonamides is 1. The summed E-state index contributed by atoms with van der Waals surface area (Å²) in [5.41, 5.74) is 2.02. The second-order valence-electron chi connectivity index (χ2n) is 7.19. The molecule has 26 heavy (non-hydrogen) atoms. The summed E-state index contributed by atoms with van der Waals surface area (Å²) in [6, 6.07) is 5.20. The van der Waals surface area contributed by atoms with Crippen molar-refractivity contribution in [3.63, 3.8) is 0 Å². The summed E-state index contributed by atoms with van der Waals surface area (Å²) in [5.74, 6) is -0.466. The predicted molar refractivity (Wildman–Crippen MR) is 97.3 cm³/mol. The van der Waals surface area contributed by atoms with Crippen LogP contribution in [-0.4, -0.2) is 51.1 Å². The Labute approximate surface area is 155 Å². The van der Waals surface area contributed by atoms with Crippen LogP contribution >= 0.6 is 0 Å². The van der Waals surface area contributed by atoms with Crippen molar-refractivity contribution in [2.45, 2.75) is 50.5 Å². The van der Waals surface area contributed by atoms with E-state index in [0.29, 0.717) is 37.4 Å². The zero-order valence-electron chi connectivity index (χ0n) is 15.4. The second kappa shape index (κ2) is 8.06. The van der Waals surface area contributed by atoms with Crippen molar-refractivity contribution >= 4 is 16.0 Å². The molecule has 2 aliphatic heterocycles. The van der Waals surface area contributed by atoms with Gasteiger partial charge in [0.2, 0.25) is 10.0 Å². The lowest BCUT2D eigenvalue weighted by Gasteiger charge is -2.30. The van der Waals surface area contributed by atoms with E-state index in [1.807, 2.05) is 19.9 Å². The fourth-order valence-corrected chi connectivity index (χ4v) is 4.98. The van der Waals surface area contributed by atoms with Gasteiger partial charge in [0.15, 0.2) is 0 Å². The molecule has 0 amide bonds. The minimum absolute atomic E-state index is 0.0178. The van der Waals surface area contributed by atoms with E-state index >= 15 is 0 Å². The first-order valence-electron chi connectivity index (χ1n) is 9.23. The Morgan fingerprint density at radius 2 is 1.92 bits per heavy atom. The molecule has 0 spiro atoms. The van der Waals surface area contributed by atoms with Crippen LogP contribution in [0.4, 0.5) is 0 Å². The molecule has 2 saturated heterocycles. The third-order valence-electron chi connectivity index (χ3n) is 5.34. The molecule has 0 aliphatic carbocycles. The highest BCUT2D eigenvalue weighted by Crippen LogP contribution is 2.26. The summed E-state index contributed by atoms with van der Waals surface area (Å²) in [4.78, 5) is 12.5. The number of hydrogen-bond acceptors (Lipinski definition) is 5. The number of ether oxygens (including phenoxy) is 2. The maximum atomic E-state index is 12.8. The molecule has 0 N–H and O–H groups in total. The van der Waals surface area contributed by atoms with Crippen LogP contribution in [0.15, 0.2) is 23.1 Å². The number of aryl methyl sites for hydroxylation is 2. The number of piperidine rings is 1. The number of hydrogen-bond donors (Lipinski definition) is 0. The first-order valence-corrected chi connectivity index (χ1v) is 10.7. The SMILES string of the molecule is Cc1ccc(S(=O)(=O)N2CCC(C(=O)OC[C@@H]3CCCO3)CC2)cc1C. The van der Waals surface area contributed by atoms with Gasteiger partial charge in [-0.25, -0.2) is 8.42 Å². The molecule has 0 radical (unpaired) electrons. The van der Waals surface area contributed by atoms with Crippen LogP contribution in [0.2, 0.25) is 0 Å². The number of esters is 1. The number of nitrogens with zero attached hydrogens (tertiary/aromatic N) is 1. The van der Waals surface area contributed by atoms with Crippen molar-refractivity contribution in [2.24, 2.45) is 5.92 Å². The Kier molecular flexibility index (Phi) is 5.99. The van der Waals surface area contributed by atoms with Crippen molar-refractivity contribution in [1.82, 2.24) is 4.31 Å². The molecular weight excluding hydrogens is 354 g/mol. The fraction of sp³-hybridized carbons (Fsp3) is 0.632. The summed E-state index contributed by atoms with van der Waals surface area (Å²) < 4.78 is 37.9. The molecule has 0 unspecified atom stereocenters. The highest BCUT2D eigenvalue weighted by Gasteiger charge is 2.33. The molecule has 2 heterocycles. The quantitative estimate of drug-likeness (QED) is 0.733. The van der Waals surface area contributed by atoms with E-state index in [4.69, 9.17) is 9.47 Å². The molecule has 6 nitrogen and oxygen atoms in total. The molecule has 1 aromatic rings. The van der Waals surface area contributed by atoms with Crippen LogP contribution in [0.25, 0.3) is 0 Å². The van der Waals surface area contributed by atoms with Crippen molar-refractivity contribution in [3.8, 4) is 0 Å². The van der Waals surface area contributed by atoms with E-state index in [1.165, 1.54) is 4.31 Å². The largest absolute Gasteiger partial charge is 0.463 e. The van der Waals surface area contributed by atoms with Gasteiger partial charge >= 0.3 is 5.97 Å². The fourth-order valence-electron chi connectivity index (χ4n) is 3.42. The van der Waals surface area contributed by atoms with Gasteiger partial charge in [-0.15, -0.1) is 0 Å². The number of carbonyl (C=O) groups excluding carboxylic acids is 1. The van der Waals surface area contributed by atoms with E-state index in [0.717, 1.165) is 30.6 Å². The van der Waals surface area contributed by atoms with E-state index in [1.54, 1.807) is 12.1 Å². The average Bonchev–Trinajstić information content (AvgIpc) is 3.15. The molecule has 0 bridgehead atoms.